The Labute approximate surface area is 128 Å². The summed E-state index contributed by atoms with van der Waals surface area (Å²) in [4.78, 5) is 13.3. The van der Waals surface area contributed by atoms with Crippen molar-refractivity contribution in [2.24, 2.45) is 7.05 Å². The van der Waals surface area contributed by atoms with Gasteiger partial charge in [0.2, 0.25) is 0 Å². The van der Waals surface area contributed by atoms with Gasteiger partial charge in [-0.25, -0.2) is 4.79 Å². The monoisotopic (exact) mass is 346 g/mol. The molecule has 1 heterocycles. The molecule has 0 unspecified atom stereocenters. The number of hydrogen-bond acceptors (Lipinski definition) is 4. The predicted octanol–water partition coefficient (Wildman–Crippen LogP) is 2.14. The third kappa shape index (κ3) is 5.50. The highest BCUT2D eigenvalue weighted by Crippen LogP contribution is 2.14. The first kappa shape index (κ1) is 17.0. The molecule has 6 nitrogen and oxygen atoms in total. The van der Waals surface area contributed by atoms with Crippen molar-refractivity contribution in [1.82, 2.24) is 20.0 Å². The molecule has 1 N–H and O–H groups in total. The van der Waals surface area contributed by atoms with Gasteiger partial charge in [0.05, 0.1) is 16.4 Å². The normalized spacial score (nSPS) is 11.5. The van der Waals surface area contributed by atoms with Crippen molar-refractivity contribution in [3.63, 3.8) is 0 Å². The molecular formula is C13H23BrN4O2. The Morgan fingerprint density at radius 2 is 2.20 bits per heavy atom. The van der Waals surface area contributed by atoms with Crippen molar-refractivity contribution in [3.8, 4) is 0 Å². The van der Waals surface area contributed by atoms with Crippen LogP contribution in [0.25, 0.3) is 0 Å². The largest absolute Gasteiger partial charge is 0.444 e. The molecule has 0 radical (unpaired) electrons. The second-order valence-electron chi connectivity index (χ2n) is 5.64. The van der Waals surface area contributed by atoms with Crippen LogP contribution in [0, 0.1) is 0 Å². The maximum atomic E-state index is 11.7. The van der Waals surface area contributed by atoms with Crippen LogP contribution in [0.5, 0.6) is 0 Å². The summed E-state index contributed by atoms with van der Waals surface area (Å²) in [6, 6.07) is 0. The van der Waals surface area contributed by atoms with Gasteiger partial charge in [-0.05, 0) is 36.7 Å². The van der Waals surface area contributed by atoms with E-state index in [-0.39, 0.29) is 6.09 Å². The molecule has 1 rings (SSSR count). The highest BCUT2D eigenvalue weighted by molar-refractivity contribution is 9.10. The fourth-order valence-electron chi connectivity index (χ4n) is 1.52. The topological polar surface area (TPSA) is 59.4 Å². The van der Waals surface area contributed by atoms with Gasteiger partial charge in [0.1, 0.15) is 5.60 Å². The van der Waals surface area contributed by atoms with Crippen LogP contribution >= 0.6 is 15.9 Å². The second-order valence-corrected chi connectivity index (χ2v) is 6.50. The van der Waals surface area contributed by atoms with Gasteiger partial charge in [-0.15, -0.1) is 0 Å². The van der Waals surface area contributed by atoms with Crippen LogP contribution in [-0.4, -0.2) is 46.5 Å². The van der Waals surface area contributed by atoms with E-state index >= 15 is 0 Å². The highest BCUT2D eigenvalue weighted by atomic mass is 79.9. The van der Waals surface area contributed by atoms with Gasteiger partial charge >= 0.3 is 6.09 Å². The van der Waals surface area contributed by atoms with E-state index in [0.29, 0.717) is 19.6 Å². The van der Waals surface area contributed by atoms with Crippen molar-refractivity contribution >= 4 is 22.0 Å². The number of nitrogens with one attached hydrogen (secondary N) is 1. The molecule has 0 bridgehead atoms. The molecule has 1 aromatic heterocycles. The molecule has 20 heavy (non-hydrogen) atoms. The summed E-state index contributed by atoms with van der Waals surface area (Å²) in [6.07, 6.45) is 1.46. The Hall–Kier alpha value is -1.08. The van der Waals surface area contributed by atoms with Gasteiger partial charge in [0.25, 0.3) is 0 Å². The molecule has 0 aliphatic rings. The summed E-state index contributed by atoms with van der Waals surface area (Å²) in [6.45, 7) is 7.54. The number of carbonyl (C=O) groups excluding carboxylic acids is 1. The Morgan fingerprint density at radius 3 is 2.70 bits per heavy atom. The van der Waals surface area contributed by atoms with Crippen molar-refractivity contribution in [3.05, 3.63) is 16.4 Å². The molecule has 7 heteroatoms. The zero-order valence-corrected chi connectivity index (χ0v) is 14.3. The number of likely N-dealkylation sites (N-methyl/N-ethyl adjacent to an activating group) is 1. The first-order chi connectivity index (χ1) is 9.20. The molecule has 0 spiro atoms. The van der Waals surface area contributed by atoms with Gasteiger partial charge in [0, 0.05) is 33.7 Å². The Morgan fingerprint density at radius 1 is 1.55 bits per heavy atom. The number of carbonyl (C=O) groups is 1. The summed E-state index contributed by atoms with van der Waals surface area (Å²) in [5, 5.41) is 7.42. The molecule has 114 valence electrons. The molecular weight excluding hydrogens is 324 g/mol. The fraction of sp³-hybridized carbons (Fsp3) is 0.692. The lowest BCUT2D eigenvalue weighted by atomic mass is 10.2. The summed E-state index contributed by atoms with van der Waals surface area (Å²) >= 11 is 3.45. The number of aryl methyl sites for hydroxylation is 1. The van der Waals surface area contributed by atoms with Crippen molar-refractivity contribution in [1.29, 1.82) is 0 Å². The van der Waals surface area contributed by atoms with E-state index < -0.39 is 5.60 Å². The lowest BCUT2D eigenvalue weighted by molar-refractivity contribution is 0.0300. The molecule has 0 atom stereocenters. The minimum Gasteiger partial charge on any atom is -0.444 e. The lowest BCUT2D eigenvalue weighted by Gasteiger charge is -2.24. The number of halogens is 1. The van der Waals surface area contributed by atoms with Crippen LogP contribution in [0.2, 0.25) is 0 Å². The van der Waals surface area contributed by atoms with Crippen molar-refractivity contribution in [2.75, 3.05) is 20.1 Å². The number of nitrogens with zero attached hydrogens (tertiary/aromatic N) is 3. The van der Waals surface area contributed by atoms with Gasteiger partial charge < -0.3 is 15.0 Å². The second kappa shape index (κ2) is 7.08. The van der Waals surface area contributed by atoms with Crippen LogP contribution in [-0.2, 0) is 18.3 Å². The zero-order chi connectivity index (χ0) is 15.3. The summed E-state index contributed by atoms with van der Waals surface area (Å²) in [5.41, 5.74) is 0.614. The first-order valence-corrected chi connectivity index (χ1v) is 7.31. The number of amides is 1. The Kier molecular flexibility index (Phi) is 6.01. The third-order valence-electron chi connectivity index (χ3n) is 2.63. The molecule has 0 aliphatic heterocycles. The number of ether oxygens (including phenoxy) is 1. The van der Waals surface area contributed by atoms with E-state index in [2.05, 4.69) is 26.3 Å². The molecule has 0 fully saturated rings. The van der Waals surface area contributed by atoms with Gasteiger partial charge in [-0.1, -0.05) is 0 Å². The maximum Gasteiger partial charge on any atom is 0.410 e. The fourth-order valence-corrected chi connectivity index (χ4v) is 2.01. The first-order valence-electron chi connectivity index (χ1n) is 6.52. The van der Waals surface area contributed by atoms with Crippen LogP contribution in [0.3, 0.4) is 0 Å². The highest BCUT2D eigenvalue weighted by Gasteiger charge is 2.19. The average Bonchev–Trinajstić information content (AvgIpc) is 2.63. The quantitative estimate of drug-likeness (QED) is 0.829. The number of hydrogen-bond donors (Lipinski definition) is 1. The van der Waals surface area contributed by atoms with E-state index in [1.54, 1.807) is 18.1 Å². The minimum absolute atomic E-state index is 0.305. The van der Waals surface area contributed by atoms with Gasteiger partial charge in [-0.2, -0.15) is 5.10 Å². The van der Waals surface area contributed by atoms with E-state index in [1.165, 1.54) is 0 Å². The van der Waals surface area contributed by atoms with Gasteiger partial charge in [-0.3, -0.25) is 4.68 Å². The number of rotatable bonds is 5. The molecule has 0 aliphatic carbocycles. The van der Waals surface area contributed by atoms with Gasteiger partial charge in [0.15, 0.2) is 0 Å². The lowest BCUT2D eigenvalue weighted by Crippen LogP contribution is -2.38. The van der Waals surface area contributed by atoms with E-state index in [9.17, 15) is 4.79 Å². The van der Waals surface area contributed by atoms with E-state index in [4.69, 9.17) is 4.74 Å². The summed E-state index contributed by atoms with van der Waals surface area (Å²) in [5.74, 6) is 0. The Bertz CT molecular complexity index is 434. The smallest absolute Gasteiger partial charge is 0.410 e. The van der Waals surface area contributed by atoms with Crippen molar-refractivity contribution in [2.45, 2.75) is 32.9 Å². The number of aromatic nitrogens is 2. The van der Waals surface area contributed by atoms with Crippen LogP contribution in [0.15, 0.2) is 10.7 Å². The Balaban J connectivity index is 2.29. The molecule has 1 aromatic rings. The standard InChI is InChI=1S/C13H23BrN4O2/c1-13(2,3)20-12(19)17(4)7-6-15-9-11-10(14)8-16-18(11)5/h8,15H,6-7,9H2,1-5H3. The summed E-state index contributed by atoms with van der Waals surface area (Å²) in [7, 11) is 3.63. The van der Waals surface area contributed by atoms with E-state index in [0.717, 1.165) is 10.2 Å². The minimum atomic E-state index is -0.460. The molecule has 0 saturated carbocycles. The van der Waals surface area contributed by atoms with Crippen LogP contribution < -0.4 is 5.32 Å². The van der Waals surface area contributed by atoms with E-state index in [1.807, 2.05) is 32.5 Å². The SMILES string of the molecule is CN(CCNCc1c(Br)cnn1C)C(=O)OC(C)(C)C. The van der Waals surface area contributed by atoms with Crippen LogP contribution in [0.4, 0.5) is 4.79 Å². The molecule has 0 aromatic carbocycles. The third-order valence-corrected chi connectivity index (χ3v) is 3.29. The molecule has 0 saturated heterocycles. The summed E-state index contributed by atoms with van der Waals surface area (Å²) < 4.78 is 8.07. The maximum absolute atomic E-state index is 11.7. The zero-order valence-electron chi connectivity index (χ0n) is 12.7. The van der Waals surface area contributed by atoms with Crippen LogP contribution in [0.1, 0.15) is 26.5 Å². The molecule has 1 amide bonds. The predicted molar refractivity (Wildman–Crippen MR) is 81.5 cm³/mol. The van der Waals surface area contributed by atoms with Crippen molar-refractivity contribution < 1.29 is 9.53 Å². The average molecular weight is 347 g/mol.